The molecule has 1 aromatic carbocycles. The molecule has 1 amide bonds. The molecule has 0 radical (unpaired) electrons. The molecule has 1 atom stereocenters. The fourth-order valence-electron chi connectivity index (χ4n) is 2.07. The Morgan fingerprint density at radius 3 is 2.63 bits per heavy atom. The van der Waals surface area contributed by atoms with Gasteiger partial charge in [-0.3, -0.25) is 4.79 Å². The van der Waals surface area contributed by atoms with Crippen molar-refractivity contribution in [1.82, 2.24) is 0 Å². The van der Waals surface area contributed by atoms with Crippen LogP contribution in [0.1, 0.15) is 33.1 Å². The highest BCUT2D eigenvalue weighted by Crippen LogP contribution is 2.27. The molecule has 0 aliphatic rings. The van der Waals surface area contributed by atoms with Crippen LogP contribution in [0.2, 0.25) is 5.02 Å². The average Bonchev–Trinajstić information content (AvgIpc) is 2.28. The van der Waals surface area contributed by atoms with Crippen molar-refractivity contribution in [2.75, 3.05) is 24.3 Å². The predicted octanol–water partition coefficient (Wildman–Crippen LogP) is 4.17. The largest absolute Gasteiger partial charge is 0.376 e. The first-order chi connectivity index (χ1) is 8.93. The van der Waals surface area contributed by atoms with Crippen molar-refractivity contribution in [3.05, 3.63) is 23.2 Å². The zero-order chi connectivity index (χ0) is 14.4. The molecule has 1 N–H and O–H groups in total. The number of nitrogens with zero attached hydrogens (tertiary/aromatic N) is 1. The zero-order valence-corrected chi connectivity index (χ0v) is 12.9. The summed E-state index contributed by atoms with van der Waals surface area (Å²) in [6, 6.07) is 5.58. The van der Waals surface area contributed by atoms with E-state index in [1.54, 1.807) is 6.07 Å². The molecule has 1 unspecified atom stereocenters. The number of anilines is 2. The zero-order valence-electron chi connectivity index (χ0n) is 12.2. The quantitative estimate of drug-likeness (QED) is 0.849. The van der Waals surface area contributed by atoms with Gasteiger partial charge in [-0.2, -0.15) is 0 Å². The summed E-state index contributed by atoms with van der Waals surface area (Å²) in [6.45, 7) is 4.24. The van der Waals surface area contributed by atoms with Crippen molar-refractivity contribution in [3.8, 4) is 0 Å². The first-order valence-corrected chi connectivity index (χ1v) is 7.08. The monoisotopic (exact) mass is 282 g/mol. The lowest BCUT2D eigenvalue weighted by atomic mass is 10.0. The Labute approximate surface area is 120 Å². The van der Waals surface area contributed by atoms with Gasteiger partial charge in [-0.25, -0.2) is 0 Å². The van der Waals surface area contributed by atoms with Crippen molar-refractivity contribution in [2.24, 2.45) is 5.92 Å². The van der Waals surface area contributed by atoms with Gasteiger partial charge in [0.15, 0.2) is 0 Å². The molecular formula is C15H23ClN2O. The van der Waals surface area contributed by atoms with E-state index < -0.39 is 0 Å². The molecular weight excluding hydrogens is 260 g/mol. The lowest BCUT2D eigenvalue weighted by Gasteiger charge is -2.16. The van der Waals surface area contributed by atoms with Crippen LogP contribution >= 0.6 is 11.6 Å². The molecule has 0 aliphatic carbocycles. The Bertz CT molecular complexity index is 432. The SMILES string of the molecule is CCCC(C)CC(=O)Nc1ccc(N(C)C)c(Cl)c1. The number of halogens is 1. The van der Waals surface area contributed by atoms with Crippen molar-refractivity contribution < 1.29 is 4.79 Å². The van der Waals surface area contributed by atoms with Gasteiger partial charge in [-0.1, -0.05) is 38.3 Å². The van der Waals surface area contributed by atoms with Crippen LogP contribution in [0.3, 0.4) is 0 Å². The normalized spacial score (nSPS) is 12.1. The second-order valence-corrected chi connectivity index (χ2v) is 5.61. The minimum Gasteiger partial charge on any atom is -0.376 e. The van der Waals surface area contributed by atoms with Gasteiger partial charge in [0.05, 0.1) is 10.7 Å². The third-order valence-corrected chi connectivity index (χ3v) is 3.33. The summed E-state index contributed by atoms with van der Waals surface area (Å²) in [6.07, 6.45) is 2.74. The van der Waals surface area contributed by atoms with E-state index in [9.17, 15) is 4.79 Å². The standard InChI is InChI=1S/C15H23ClN2O/c1-5-6-11(2)9-15(19)17-12-7-8-14(18(3)4)13(16)10-12/h7-8,10-11H,5-6,9H2,1-4H3,(H,17,19). The first-order valence-electron chi connectivity index (χ1n) is 6.70. The molecule has 0 bridgehead atoms. The van der Waals surface area contributed by atoms with E-state index >= 15 is 0 Å². The van der Waals surface area contributed by atoms with E-state index in [1.165, 1.54) is 0 Å². The van der Waals surface area contributed by atoms with Crippen molar-refractivity contribution >= 4 is 28.9 Å². The average molecular weight is 283 g/mol. The summed E-state index contributed by atoms with van der Waals surface area (Å²) < 4.78 is 0. The predicted molar refractivity (Wildman–Crippen MR) is 83.1 cm³/mol. The molecule has 19 heavy (non-hydrogen) atoms. The maximum absolute atomic E-state index is 11.9. The van der Waals surface area contributed by atoms with Gasteiger partial charge >= 0.3 is 0 Å². The van der Waals surface area contributed by atoms with Crippen molar-refractivity contribution in [2.45, 2.75) is 33.1 Å². The molecule has 0 aliphatic heterocycles. The summed E-state index contributed by atoms with van der Waals surface area (Å²) in [5, 5.41) is 3.54. The third-order valence-electron chi connectivity index (χ3n) is 3.03. The van der Waals surface area contributed by atoms with E-state index in [2.05, 4.69) is 19.2 Å². The Hall–Kier alpha value is -1.22. The summed E-state index contributed by atoms with van der Waals surface area (Å²) in [7, 11) is 3.87. The fourth-order valence-corrected chi connectivity index (χ4v) is 2.42. The summed E-state index contributed by atoms with van der Waals surface area (Å²) in [5.41, 5.74) is 1.70. The van der Waals surface area contributed by atoms with Gasteiger partial charge in [0.1, 0.15) is 0 Å². The fraction of sp³-hybridized carbons (Fsp3) is 0.533. The van der Waals surface area contributed by atoms with Crippen LogP contribution in [0.4, 0.5) is 11.4 Å². The van der Waals surface area contributed by atoms with Gasteiger partial charge in [-0.15, -0.1) is 0 Å². The van der Waals surface area contributed by atoms with Crippen molar-refractivity contribution in [3.63, 3.8) is 0 Å². The van der Waals surface area contributed by atoms with E-state index in [0.29, 0.717) is 17.4 Å². The molecule has 0 heterocycles. The molecule has 0 aromatic heterocycles. The number of rotatable bonds is 6. The van der Waals surface area contributed by atoms with Crippen LogP contribution in [-0.2, 0) is 4.79 Å². The van der Waals surface area contributed by atoms with E-state index in [4.69, 9.17) is 11.6 Å². The number of hydrogen-bond donors (Lipinski definition) is 1. The molecule has 1 rings (SSSR count). The van der Waals surface area contributed by atoms with E-state index in [0.717, 1.165) is 24.2 Å². The number of carbonyl (C=O) groups excluding carboxylic acids is 1. The summed E-state index contributed by atoms with van der Waals surface area (Å²) in [5.74, 6) is 0.469. The van der Waals surface area contributed by atoms with Crippen LogP contribution in [-0.4, -0.2) is 20.0 Å². The number of nitrogens with one attached hydrogen (secondary N) is 1. The number of benzene rings is 1. The minimum absolute atomic E-state index is 0.0506. The van der Waals surface area contributed by atoms with Crippen molar-refractivity contribution in [1.29, 1.82) is 0 Å². The van der Waals surface area contributed by atoms with Gasteiger partial charge in [0.25, 0.3) is 0 Å². The molecule has 0 fully saturated rings. The Morgan fingerprint density at radius 2 is 2.11 bits per heavy atom. The lowest BCUT2D eigenvalue weighted by Crippen LogP contribution is -2.15. The molecule has 3 nitrogen and oxygen atoms in total. The molecule has 4 heteroatoms. The van der Waals surface area contributed by atoms with Gasteiger partial charge < -0.3 is 10.2 Å². The maximum atomic E-state index is 11.9. The molecule has 106 valence electrons. The molecule has 0 spiro atoms. The molecule has 0 saturated heterocycles. The first kappa shape index (κ1) is 15.8. The highest BCUT2D eigenvalue weighted by atomic mass is 35.5. The molecule has 0 saturated carbocycles. The van der Waals surface area contributed by atoms with Crippen LogP contribution in [0.25, 0.3) is 0 Å². The topological polar surface area (TPSA) is 32.3 Å². The number of hydrogen-bond acceptors (Lipinski definition) is 2. The van der Waals surface area contributed by atoms with Crippen LogP contribution in [0.5, 0.6) is 0 Å². The second kappa shape index (κ2) is 7.39. The minimum atomic E-state index is 0.0506. The lowest BCUT2D eigenvalue weighted by molar-refractivity contribution is -0.117. The van der Waals surface area contributed by atoms with E-state index in [1.807, 2.05) is 31.1 Å². The van der Waals surface area contributed by atoms with E-state index in [-0.39, 0.29) is 5.91 Å². The van der Waals surface area contributed by atoms with Gasteiger partial charge in [0, 0.05) is 26.2 Å². The maximum Gasteiger partial charge on any atom is 0.224 e. The Kier molecular flexibility index (Phi) is 6.16. The Morgan fingerprint density at radius 1 is 1.42 bits per heavy atom. The van der Waals surface area contributed by atoms with Gasteiger partial charge in [-0.05, 0) is 24.1 Å². The van der Waals surface area contributed by atoms with Gasteiger partial charge in [0.2, 0.25) is 5.91 Å². The summed E-state index contributed by atoms with van der Waals surface area (Å²) >= 11 is 6.17. The molecule has 1 aromatic rings. The highest BCUT2D eigenvalue weighted by molar-refractivity contribution is 6.33. The number of amides is 1. The Balaban J connectivity index is 2.62. The highest BCUT2D eigenvalue weighted by Gasteiger charge is 2.10. The van der Waals surface area contributed by atoms with Crippen LogP contribution < -0.4 is 10.2 Å². The smallest absolute Gasteiger partial charge is 0.224 e. The number of carbonyl (C=O) groups is 1. The third kappa shape index (κ3) is 5.11. The van der Waals surface area contributed by atoms with Crippen LogP contribution in [0, 0.1) is 5.92 Å². The second-order valence-electron chi connectivity index (χ2n) is 5.21. The van der Waals surface area contributed by atoms with Crippen LogP contribution in [0.15, 0.2) is 18.2 Å². The summed E-state index contributed by atoms with van der Waals surface area (Å²) in [4.78, 5) is 13.8.